The third-order valence-corrected chi connectivity index (χ3v) is 4.76. The first-order valence-electron chi connectivity index (χ1n) is 6.03. The molecule has 3 nitrogen and oxygen atoms in total. The third kappa shape index (κ3) is 2.26. The SMILES string of the molecule is CC(=O)c1c(-c2cccs2)cc(-c2cccs2)[nH]c1=O. The Morgan fingerprint density at radius 2 is 1.75 bits per heavy atom. The lowest BCUT2D eigenvalue weighted by Crippen LogP contribution is -2.18. The Balaban J connectivity index is 2.29. The largest absolute Gasteiger partial charge is 0.321 e. The van der Waals surface area contributed by atoms with Crippen LogP contribution in [-0.2, 0) is 0 Å². The zero-order valence-electron chi connectivity index (χ0n) is 10.7. The van der Waals surface area contributed by atoms with E-state index in [1.165, 1.54) is 18.3 Å². The monoisotopic (exact) mass is 301 g/mol. The Morgan fingerprint density at radius 3 is 2.30 bits per heavy atom. The fourth-order valence-electron chi connectivity index (χ4n) is 2.10. The summed E-state index contributed by atoms with van der Waals surface area (Å²) < 4.78 is 0. The van der Waals surface area contributed by atoms with Gasteiger partial charge in [-0.25, -0.2) is 0 Å². The molecule has 0 unspecified atom stereocenters. The van der Waals surface area contributed by atoms with Crippen LogP contribution in [0, 0.1) is 0 Å². The molecule has 1 N–H and O–H groups in total. The summed E-state index contributed by atoms with van der Waals surface area (Å²) in [4.78, 5) is 28.7. The number of pyridine rings is 1. The topological polar surface area (TPSA) is 49.9 Å². The number of hydrogen-bond acceptors (Lipinski definition) is 4. The molecule has 0 aliphatic heterocycles. The van der Waals surface area contributed by atoms with Gasteiger partial charge < -0.3 is 4.98 Å². The number of thiophene rings is 2. The van der Waals surface area contributed by atoms with Crippen LogP contribution in [0.25, 0.3) is 21.0 Å². The van der Waals surface area contributed by atoms with Gasteiger partial charge in [0.1, 0.15) is 0 Å². The molecule has 20 heavy (non-hydrogen) atoms. The van der Waals surface area contributed by atoms with Crippen molar-refractivity contribution >= 4 is 28.5 Å². The minimum Gasteiger partial charge on any atom is -0.321 e. The number of ketones is 1. The van der Waals surface area contributed by atoms with Crippen LogP contribution < -0.4 is 5.56 Å². The van der Waals surface area contributed by atoms with Gasteiger partial charge in [-0.15, -0.1) is 22.7 Å². The van der Waals surface area contributed by atoms with Crippen molar-refractivity contribution in [3.05, 3.63) is 57.0 Å². The normalized spacial score (nSPS) is 10.7. The van der Waals surface area contributed by atoms with Gasteiger partial charge in [-0.05, 0) is 35.9 Å². The highest BCUT2D eigenvalue weighted by molar-refractivity contribution is 7.14. The van der Waals surface area contributed by atoms with E-state index in [0.29, 0.717) is 5.56 Å². The van der Waals surface area contributed by atoms with Crippen LogP contribution in [0.5, 0.6) is 0 Å². The molecule has 0 bridgehead atoms. The standard InChI is InChI=1S/C15H11NO2S2/c1-9(17)14-10(12-4-2-6-19-12)8-11(16-15(14)18)13-5-3-7-20-13/h2-8H,1H3,(H,16,18). The molecule has 0 atom stereocenters. The van der Waals surface area contributed by atoms with Crippen LogP contribution in [-0.4, -0.2) is 10.8 Å². The first-order chi connectivity index (χ1) is 9.66. The molecular formula is C15H11NO2S2. The minimum atomic E-state index is -0.327. The van der Waals surface area contributed by atoms with Crippen LogP contribution in [0.2, 0.25) is 0 Å². The summed E-state index contributed by atoms with van der Waals surface area (Å²) >= 11 is 3.07. The fourth-order valence-corrected chi connectivity index (χ4v) is 3.55. The van der Waals surface area contributed by atoms with E-state index in [1.54, 1.807) is 11.3 Å². The number of hydrogen-bond donors (Lipinski definition) is 1. The minimum absolute atomic E-state index is 0.215. The predicted molar refractivity (Wildman–Crippen MR) is 83.7 cm³/mol. The van der Waals surface area contributed by atoms with Crippen molar-refractivity contribution in [1.29, 1.82) is 0 Å². The molecular weight excluding hydrogens is 290 g/mol. The van der Waals surface area contributed by atoms with Crippen molar-refractivity contribution in [3.63, 3.8) is 0 Å². The van der Waals surface area contributed by atoms with E-state index in [9.17, 15) is 9.59 Å². The van der Waals surface area contributed by atoms with Crippen molar-refractivity contribution in [3.8, 4) is 21.0 Å². The van der Waals surface area contributed by atoms with Gasteiger partial charge in [-0.2, -0.15) is 0 Å². The van der Waals surface area contributed by atoms with E-state index in [0.717, 1.165) is 15.4 Å². The second-order valence-electron chi connectivity index (χ2n) is 4.31. The molecule has 3 aromatic heterocycles. The lowest BCUT2D eigenvalue weighted by molar-refractivity contribution is 0.101. The Bertz CT molecular complexity index is 799. The van der Waals surface area contributed by atoms with E-state index in [2.05, 4.69) is 4.98 Å². The summed E-state index contributed by atoms with van der Waals surface area (Å²) in [6.07, 6.45) is 0. The summed E-state index contributed by atoms with van der Waals surface area (Å²) in [6, 6.07) is 9.60. The van der Waals surface area contributed by atoms with E-state index in [4.69, 9.17) is 0 Å². The molecule has 0 saturated carbocycles. The summed E-state index contributed by atoms with van der Waals surface area (Å²) in [5.74, 6) is -0.215. The summed E-state index contributed by atoms with van der Waals surface area (Å²) in [5, 5.41) is 3.89. The lowest BCUT2D eigenvalue weighted by Gasteiger charge is -2.07. The average molecular weight is 301 g/mol. The number of H-pyrrole nitrogens is 1. The van der Waals surface area contributed by atoms with Gasteiger partial charge in [0.05, 0.1) is 16.1 Å². The average Bonchev–Trinajstić information content (AvgIpc) is 3.11. The smallest absolute Gasteiger partial charge is 0.259 e. The predicted octanol–water partition coefficient (Wildman–Crippen LogP) is 4.03. The maximum absolute atomic E-state index is 12.2. The molecule has 100 valence electrons. The second kappa shape index (κ2) is 5.19. The molecule has 3 rings (SSSR count). The number of rotatable bonds is 3. The number of carbonyl (C=O) groups excluding carboxylic acids is 1. The number of carbonyl (C=O) groups is 1. The van der Waals surface area contributed by atoms with Crippen LogP contribution >= 0.6 is 22.7 Å². The van der Waals surface area contributed by atoms with Crippen molar-refractivity contribution in [2.24, 2.45) is 0 Å². The molecule has 0 spiro atoms. The zero-order valence-corrected chi connectivity index (χ0v) is 12.3. The van der Waals surface area contributed by atoms with E-state index >= 15 is 0 Å². The van der Waals surface area contributed by atoms with Crippen molar-refractivity contribution in [2.75, 3.05) is 0 Å². The van der Waals surface area contributed by atoms with Gasteiger partial charge >= 0.3 is 0 Å². The Morgan fingerprint density at radius 1 is 1.10 bits per heavy atom. The molecule has 3 heterocycles. The molecule has 0 aromatic carbocycles. The summed E-state index contributed by atoms with van der Waals surface area (Å²) in [7, 11) is 0. The van der Waals surface area contributed by atoms with Crippen LogP contribution in [0.15, 0.2) is 45.9 Å². The number of Topliss-reactive ketones (excluding diaryl/α,β-unsaturated/α-hetero) is 1. The molecule has 3 aromatic rings. The quantitative estimate of drug-likeness (QED) is 0.742. The van der Waals surface area contributed by atoms with Crippen LogP contribution in [0.4, 0.5) is 0 Å². The molecule has 0 amide bonds. The first-order valence-corrected chi connectivity index (χ1v) is 7.79. The highest BCUT2D eigenvalue weighted by atomic mass is 32.1. The highest BCUT2D eigenvalue weighted by Crippen LogP contribution is 2.31. The maximum Gasteiger partial charge on any atom is 0.259 e. The molecule has 0 fully saturated rings. The Kier molecular flexibility index (Phi) is 3.38. The van der Waals surface area contributed by atoms with Crippen molar-refractivity contribution in [1.82, 2.24) is 4.98 Å². The Hall–Kier alpha value is -1.98. The van der Waals surface area contributed by atoms with Crippen molar-refractivity contribution < 1.29 is 4.79 Å². The van der Waals surface area contributed by atoms with Crippen molar-refractivity contribution in [2.45, 2.75) is 6.92 Å². The van der Waals surface area contributed by atoms with E-state index in [1.807, 2.05) is 41.1 Å². The molecule has 0 radical (unpaired) electrons. The summed E-state index contributed by atoms with van der Waals surface area (Å²) in [5.41, 5.74) is 1.36. The molecule has 5 heteroatoms. The van der Waals surface area contributed by atoms with E-state index < -0.39 is 0 Å². The fraction of sp³-hybridized carbons (Fsp3) is 0.0667. The zero-order chi connectivity index (χ0) is 14.1. The Labute approximate surface area is 123 Å². The van der Waals surface area contributed by atoms with Crippen LogP contribution in [0.3, 0.4) is 0 Å². The highest BCUT2D eigenvalue weighted by Gasteiger charge is 2.16. The van der Waals surface area contributed by atoms with Crippen LogP contribution in [0.1, 0.15) is 17.3 Å². The number of aromatic amines is 1. The summed E-state index contributed by atoms with van der Waals surface area (Å²) in [6.45, 7) is 1.42. The first kappa shape index (κ1) is 13.0. The maximum atomic E-state index is 12.2. The number of aromatic nitrogens is 1. The molecule has 0 saturated heterocycles. The van der Waals surface area contributed by atoms with Gasteiger partial charge in [0.25, 0.3) is 5.56 Å². The van der Waals surface area contributed by atoms with Gasteiger partial charge in [0.2, 0.25) is 0 Å². The van der Waals surface area contributed by atoms with Gasteiger partial charge in [-0.3, -0.25) is 9.59 Å². The second-order valence-corrected chi connectivity index (χ2v) is 6.21. The lowest BCUT2D eigenvalue weighted by atomic mass is 10.0. The van der Waals surface area contributed by atoms with Gasteiger partial charge in [0, 0.05) is 10.4 Å². The third-order valence-electron chi connectivity index (χ3n) is 2.96. The van der Waals surface area contributed by atoms with E-state index in [-0.39, 0.29) is 16.9 Å². The van der Waals surface area contributed by atoms with Gasteiger partial charge in [-0.1, -0.05) is 12.1 Å². The number of nitrogens with one attached hydrogen (secondary N) is 1. The molecule has 0 aliphatic rings. The molecule has 0 aliphatic carbocycles. The van der Waals surface area contributed by atoms with Gasteiger partial charge in [0.15, 0.2) is 5.78 Å².